The number of aliphatic hydroxyl groups is 1. The second-order valence-electron chi connectivity index (χ2n) is 1.71. The topological polar surface area (TPSA) is 66.8 Å². The Kier molecular flexibility index (Phi) is 3.72. The first-order chi connectivity index (χ1) is 3.63. The Morgan fingerprint density at radius 3 is 2.38 bits per heavy atom. The van der Waals surface area contributed by atoms with Gasteiger partial charge >= 0.3 is 0 Å². The zero-order valence-corrected chi connectivity index (χ0v) is 4.74. The summed E-state index contributed by atoms with van der Waals surface area (Å²) in [6.07, 6.45) is -0.210. The molecule has 0 aromatic rings. The van der Waals surface area contributed by atoms with E-state index in [-0.39, 0.29) is 11.8 Å². The minimum atomic E-state index is -0.515. The molecule has 50 valence electrons. The van der Waals surface area contributed by atoms with Crippen molar-refractivity contribution in [1.29, 1.82) is 0 Å². The molecule has 0 heterocycles. The first kappa shape index (κ1) is 7.84. The Labute approximate surface area is 47.9 Å². The smallest absolute Gasteiger partial charge is 0.0524 e. The van der Waals surface area contributed by atoms with Crippen LogP contribution in [-0.4, -0.2) is 28.2 Å². The molecule has 0 aliphatic rings. The minimum Gasteiger partial charge on any atom is -0.762 e. The molecule has 0 aliphatic carbocycles. The fourth-order valence-electron chi connectivity index (χ4n) is 0.297. The van der Waals surface area contributed by atoms with Crippen LogP contribution < -0.4 is 0 Å². The van der Waals surface area contributed by atoms with Gasteiger partial charge in [-0.1, -0.05) is 0 Å². The zero-order chi connectivity index (χ0) is 6.57. The molecular weight excluding hydrogens is 110 g/mol. The molecule has 1 atom stereocenters. The molecule has 0 bridgehead atoms. The average molecular weight is 120 g/mol. The lowest BCUT2D eigenvalue weighted by Crippen LogP contribution is -2.16. The Morgan fingerprint density at radius 2 is 2.25 bits per heavy atom. The Morgan fingerprint density at radius 1 is 1.75 bits per heavy atom. The first-order valence-electron chi connectivity index (χ1n) is 2.44. The maximum Gasteiger partial charge on any atom is 0.0524 e. The monoisotopic (exact) mass is 120 g/mol. The van der Waals surface area contributed by atoms with Crippen LogP contribution >= 0.6 is 0 Å². The van der Waals surface area contributed by atoms with Crippen LogP contribution in [0.1, 0.15) is 13.3 Å². The summed E-state index contributed by atoms with van der Waals surface area (Å²) < 4.78 is 0. The standard InChI is InChI=1S/C4H10NO3/c1-4(6)2-3-5(7)8/h4,6-7H,2-3H2,1H3/q-1. The van der Waals surface area contributed by atoms with Crippen LogP contribution in [0.15, 0.2) is 0 Å². The molecule has 0 spiro atoms. The van der Waals surface area contributed by atoms with Gasteiger partial charge in [-0.05, 0) is 13.3 Å². The van der Waals surface area contributed by atoms with Crippen LogP contribution in [0.5, 0.6) is 0 Å². The highest BCUT2D eigenvalue weighted by atomic mass is 16.8. The van der Waals surface area contributed by atoms with E-state index >= 15 is 0 Å². The second-order valence-corrected chi connectivity index (χ2v) is 1.71. The molecular formula is C4H10NO3-. The van der Waals surface area contributed by atoms with Crippen LogP contribution in [0.3, 0.4) is 0 Å². The summed E-state index contributed by atoms with van der Waals surface area (Å²) in [5, 5.41) is 26.0. The average Bonchev–Trinajstić information content (AvgIpc) is 1.61. The van der Waals surface area contributed by atoms with Crippen molar-refractivity contribution in [2.45, 2.75) is 19.4 Å². The van der Waals surface area contributed by atoms with Gasteiger partial charge in [-0.2, -0.15) is 0 Å². The molecule has 0 aromatic carbocycles. The fraction of sp³-hybridized carbons (Fsp3) is 1.00. The van der Waals surface area contributed by atoms with Gasteiger partial charge in [0.25, 0.3) is 0 Å². The maximum atomic E-state index is 9.71. The molecule has 4 heteroatoms. The normalized spacial score (nSPS) is 14.6. The van der Waals surface area contributed by atoms with E-state index in [9.17, 15) is 5.21 Å². The largest absolute Gasteiger partial charge is 0.762 e. The van der Waals surface area contributed by atoms with E-state index in [0.29, 0.717) is 6.42 Å². The van der Waals surface area contributed by atoms with Gasteiger partial charge in [0.15, 0.2) is 0 Å². The molecule has 1 unspecified atom stereocenters. The molecule has 0 amide bonds. The van der Waals surface area contributed by atoms with E-state index in [1.54, 1.807) is 6.92 Å². The predicted molar refractivity (Wildman–Crippen MR) is 28.2 cm³/mol. The van der Waals surface area contributed by atoms with Crippen molar-refractivity contribution in [3.05, 3.63) is 5.21 Å². The van der Waals surface area contributed by atoms with E-state index in [2.05, 4.69) is 0 Å². The molecule has 0 rings (SSSR count). The van der Waals surface area contributed by atoms with Crippen LogP contribution in [0.25, 0.3) is 0 Å². The van der Waals surface area contributed by atoms with Gasteiger partial charge in [0, 0.05) is 6.54 Å². The van der Waals surface area contributed by atoms with Gasteiger partial charge in [-0.3, -0.25) is 5.23 Å². The summed E-state index contributed by atoms with van der Waals surface area (Å²) in [6, 6.07) is 0. The SMILES string of the molecule is CC(O)CCN([O-])O. The number of nitrogens with zero attached hydrogens (tertiary/aromatic N) is 1. The van der Waals surface area contributed by atoms with E-state index < -0.39 is 6.10 Å². The molecule has 2 N–H and O–H groups in total. The van der Waals surface area contributed by atoms with Gasteiger partial charge in [-0.15, -0.1) is 0 Å². The summed E-state index contributed by atoms with van der Waals surface area (Å²) in [5.74, 6) is 0. The van der Waals surface area contributed by atoms with Gasteiger partial charge in [0.05, 0.1) is 6.10 Å². The second kappa shape index (κ2) is 3.80. The summed E-state index contributed by atoms with van der Waals surface area (Å²) >= 11 is 0. The van der Waals surface area contributed by atoms with Crippen molar-refractivity contribution in [1.82, 2.24) is 5.23 Å². The van der Waals surface area contributed by atoms with E-state index in [0.717, 1.165) is 0 Å². The minimum absolute atomic E-state index is 0.0301. The lowest BCUT2D eigenvalue weighted by Gasteiger charge is -2.19. The van der Waals surface area contributed by atoms with Crippen molar-refractivity contribution in [3.8, 4) is 0 Å². The molecule has 0 saturated carbocycles. The van der Waals surface area contributed by atoms with E-state index in [1.807, 2.05) is 0 Å². The third-order valence-electron chi connectivity index (χ3n) is 0.738. The van der Waals surface area contributed by atoms with Crippen LogP contribution in [0, 0.1) is 5.21 Å². The number of aliphatic hydroxyl groups excluding tert-OH is 1. The van der Waals surface area contributed by atoms with E-state index in [4.69, 9.17) is 10.3 Å². The van der Waals surface area contributed by atoms with Crippen molar-refractivity contribution in [2.24, 2.45) is 0 Å². The maximum absolute atomic E-state index is 9.71. The van der Waals surface area contributed by atoms with E-state index in [1.165, 1.54) is 0 Å². The molecule has 0 aromatic heterocycles. The predicted octanol–water partition coefficient (Wildman–Crippen LogP) is -0.0537. The van der Waals surface area contributed by atoms with Crippen molar-refractivity contribution >= 4 is 0 Å². The summed E-state index contributed by atoms with van der Waals surface area (Å²) in [6.45, 7) is 1.53. The number of rotatable bonds is 3. The summed E-state index contributed by atoms with van der Waals surface area (Å²) in [7, 11) is 0. The molecule has 0 aliphatic heterocycles. The lowest BCUT2D eigenvalue weighted by molar-refractivity contribution is -0.0480. The van der Waals surface area contributed by atoms with Crippen LogP contribution in [0.2, 0.25) is 0 Å². The number of hydroxylamine groups is 2. The fourth-order valence-corrected chi connectivity index (χ4v) is 0.297. The quantitative estimate of drug-likeness (QED) is 0.512. The molecule has 0 fully saturated rings. The van der Waals surface area contributed by atoms with Crippen LogP contribution in [-0.2, 0) is 0 Å². The third-order valence-corrected chi connectivity index (χ3v) is 0.738. The Bertz CT molecular complexity index is 47.2. The summed E-state index contributed by atoms with van der Waals surface area (Å²) in [4.78, 5) is 0. The highest BCUT2D eigenvalue weighted by Gasteiger charge is 1.92. The van der Waals surface area contributed by atoms with Crippen LogP contribution in [0.4, 0.5) is 0 Å². The third kappa shape index (κ3) is 5.84. The van der Waals surface area contributed by atoms with Crippen molar-refractivity contribution < 1.29 is 10.3 Å². The molecule has 8 heavy (non-hydrogen) atoms. The molecule has 0 saturated heterocycles. The number of hydrogen-bond acceptors (Lipinski definition) is 4. The van der Waals surface area contributed by atoms with Gasteiger partial charge in [-0.25, -0.2) is 0 Å². The number of hydrogen-bond donors (Lipinski definition) is 2. The molecule has 4 nitrogen and oxygen atoms in total. The van der Waals surface area contributed by atoms with Crippen molar-refractivity contribution in [3.63, 3.8) is 0 Å². The van der Waals surface area contributed by atoms with Crippen molar-refractivity contribution in [2.75, 3.05) is 6.54 Å². The van der Waals surface area contributed by atoms with Gasteiger partial charge < -0.3 is 15.5 Å². The van der Waals surface area contributed by atoms with Gasteiger partial charge in [0.2, 0.25) is 0 Å². The first-order valence-corrected chi connectivity index (χ1v) is 2.44. The lowest BCUT2D eigenvalue weighted by atomic mass is 10.3. The van der Waals surface area contributed by atoms with Gasteiger partial charge in [0.1, 0.15) is 0 Å². The Hall–Kier alpha value is -0.160. The highest BCUT2D eigenvalue weighted by molar-refractivity contribution is 4.49. The summed E-state index contributed by atoms with van der Waals surface area (Å²) in [5.41, 5.74) is 0. The Balaban J connectivity index is 2.93. The zero-order valence-electron chi connectivity index (χ0n) is 4.74. The highest BCUT2D eigenvalue weighted by Crippen LogP contribution is 1.89. The molecule has 0 radical (unpaired) electrons.